The Morgan fingerprint density at radius 1 is 1.14 bits per heavy atom. The molecular formula is C17H19NO2S. The zero-order valence-corrected chi connectivity index (χ0v) is 13.1. The molecule has 0 saturated carbocycles. The molecule has 21 heavy (non-hydrogen) atoms. The number of carbonyl (C=O) groups is 1. The van der Waals surface area contributed by atoms with Crippen molar-refractivity contribution in [3.63, 3.8) is 0 Å². The highest BCUT2D eigenvalue weighted by Gasteiger charge is 2.06. The third-order valence-electron chi connectivity index (χ3n) is 3.10. The van der Waals surface area contributed by atoms with Crippen LogP contribution in [0, 0.1) is 0 Å². The quantitative estimate of drug-likeness (QED) is 0.820. The zero-order valence-electron chi connectivity index (χ0n) is 12.3. The van der Waals surface area contributed by atoms with Crippen molar-refractivity contribution in [1.82, 2.24) is 0 Å². The summed E-state index contributed by atoms with van der Waals surface area (Å²) < 4.78 is 5.11. The number of ether oxygens (including phenoxy) is 1. The van der Waals surface area contributed by atoms with E-state index in [2.05, 4.69) is 12.2 Å². The molecule has 1 amide bonds. The maximum absolute atomic E-state index is 12.0. The Labute approximate surface area is 129 Å². The van der Waals surface area contributed by atoms with Crippen molar-refractivity contribution in [2.45, 2.75) is 18.2 Å². The molecule has 0 unspecified atom stereocenters. The highest BCUT2D eigenvalue weighted by Crippen LogP contribution is 2.22. The normalized spacial score (nSPS) is 10.2. The molecule has 2 rings (SSSR count). The van der Waals surface area contributed by atoms with E-state index < -0.39 is 0 Å². The molecule has 0 aliphatic heterocycles. The van der Waals surface area contributed by atoms with Gasteiger partial charge in [0.25, 0.3) is 0 Å². The summed E-state index contributed by atoms with van der Waals surface area (Å²) in [6.45, 7) is 2.08. The molecule has 1 N–H and O–H groups in total. The molecule has 2 aromatic carbocycles. The molecule has 0 atom stereocenters. The minimum atomic E-state index is 0.0109. The first kappa shape index (κ1) is 15.4. The number of methoxy groups -OCH3 is 1. The van der Waals surface area contributed by atoms with Gasteiger partial charge in [-0.25, -0.2) is 0 Å². The van der Waals surface area contributed by atoms with Crippen LogP contribution in [-0.4, -0.2) is 18.8 Å². The lowest BCUT2D eigenvalue weighted by Gasteiger charge is -2.09. The van der Waals surface area contributed by atoms with Crippen molar-refractivity contribution in [1.29, 1.82) is 0 Å². The molecule has 0 aliphatic carbocycles. The number of para-hydroxylation sites is 1. The molecule has 4 heteroatoms. The number of hydrogen-bond donors (Lipinski definition) is 1. The summed E-state index contributed by atoms with van der Waals surface area (Å²) in [6, 6.07) is 15.6. The van der Waals surface area contributed by atoms with Crippen molar-refractivity contribution in [3.8, 4) is 5.75 Å². The lowest BCUT2D eigenvalue weighted by molar-refractivity contribution is -0.113. The maximum Gasteiger partial charge on any atom is 0.234 e. The molecule has 110 valence electrons. The number of nitrogens with one attached hydrogen (secondary N) is 1. The van der Waals surface area contributed by atoms with Gasteiger partial charge >= 0.3 is 0 Å². The van der Waals surface area contributed by atoms with Gasteiger partial charge in [-0.15, -0.1) is 11.8 Å². The van der Waals surface area contributed by atoms with Crippen LogP contribution in [0.3, 0.4) is 0 Å². The largest absolute Gasteiger partial charge is 0.497 e. The standard InChI is InChI=1S/C17H19NO2S/c1-3-13-6-4-5-7-16(13)18-17(19)12-21-15-10-8-14(20-2)9-11-15/h4-11H,3,12H2,1-2H3,(H,18,19). The predicted molar refractivity (Wildman–Crippen MR) is 88.2 cm³/mol. The van der Waals surface area contributed by atoms with E-state index in [1.165, 1.54) is 11.8 Å². The fraction of sp³-hybridized carbons (Fsp3) is 0.235. The summed E-state index contributed by atoms with van der Waals surface area (Å²) in [5.74, 6) is 1.22. The number of thioether (sulfide) groups is 1. The van der Waals surface area contributed by atoms with Crippen molar-refractivity contribution < 1.29 is 9.53 Å². The second-order valence-corrected chi connectivity index (χ2v) is 5.57. The van der Waals surface area contributed by atoms with Crippen LogP contribution in [0.2, 0.25) is 0 Å². The van der Waals surface area contributed by atoms with Gasteiger partial charge in [0.1, 0.15) is 5.75 Å². The average Bonchev–Trinajstić information content (AvgIpc) is 2.54. The van der Waals surface area contributed by atoms with E-state index in [1.807, 2.05) is 48.5 Å². The SMILES string of the molecule is CCc1ccccc1NC(=O)CSc1ccc(OC)cc1. The number of amides is 1. The lowest BCUT2D eigenvalue weighted by Crippen LogP contribution is -2.15. The molecule has 0 heterocycles. The Balaban J connectivity index is 1.89. The number of anilines is 1. The average molecular weight is 301 g/mol. The minimum absolute atomic E-state index is 0.0109. The summed E-state index contributed by atoms with van der Waals surface area (Å²) in [5.41, 5.74) is 2.06. The summed E-state index contributed by atoms with van der Waals surface area (Å²) >= 11 is 1.51. The molecule has 0 bridgehead atoms. The van der Waals surface area contributed by atoms with Crippen LogP contribution >= 0.6 is 11.8 Å². The van der Waals surface area contributed by atoms with Gasteiger partial charge in [0.2, 0.25) is 5.91 Å². The second kappa shape index (κ2) is 7.74. The molecule has 0 radical (unpaired) electrons. The topological polar surface area (TPSA) is 38.3 Å². The smallest absolute Gasteiger partial charge is 0.234 e. The Hall–Kier alpha value is -1.94. The maximum atomic E-state index is 12.0. The molecule has 0 aliphatic rings. The van der Waals surface area contributed by atoms with Crippen molar-refractivity contribution in [2.24, 2.45) is 0 Å². The van der Waals surface area contributed by atoms with Crippen molar-refractivity contribution in [3.05, 3.63) is 54.1 Å². The van der Waals surface area contributed by atoms with Crippen LogP contribution in [0.5, 0.6) is 5.75 Å². The van der Waals surface area contributed by atoms with Gasteiger partial charge in [0.05, 0.1) is 12.9 Å². The van der Waals surface area contributed by atoms with E-state index in [9.17, 15) is 4.79 Å². The van der Waals surface area contributed by atoms with Gasteiger partial charge in [0, 0.05) is 10.6 Å². The Morgan fingerprint density at radius 3 is 2.52 bits per heavy atom. The van der Waals surface area contributed by atoms with Gasteiger partial charge in [0.15, 0.2) is 0 Å². The first-order valence-electron chi connectivity index (χ1n) is 6.87. The third kappa shape index (κ3) is 4.53. The van der Waals surface area contributed by atoms with E-state index in [0.717, 1.165) is 28.3 Å². The van der Waals surface area contributed by atoms with Gasteiger partial charge in [-0.05, 0) is 42.3 Å². The fourth-order valence-corrected chi connectivity index (χ4v) is 2.66. The number of rotatable bonds is 6. The molecular weight excluding hydrogens is 282 g/mol. The summed E-state index contributed by atoms with van der Waals surface area (Å²) in [7, 11) is 1.64. The third-order valence-corrected chi connectivity index (χ3v) is 4.11. The summed E-state index contributed by atoms with van der Waals surface area (Å²) in [5, 5.41) is 2.97. The fourth-order valence-electron chi connectivity index (χ4n) is 1.96. The first-order valence-corrected chi connectivity index (χ1v) is 7.86. The van der Waals surface area contributed by atoms with Crippen LogP contribution in [-0.2, 0) is 11.2 Å². The Bertz CT molecular complexity index is 596. The van der Waals surface area contributed by atoms with Crippen LogP contribution in [0.25, 0.3) is 0 Å². The monoisotopic (exact) mass is 301 g/mol. The van der Waals surface area contributed by atoms with Crippen LogP contribution in [0.1, 0.15) is 12.5 Å². The molecule has 0 fully saturated rings. The second-order valence-electron chi connectivity index (χ2n) is 4.52. The number of aryl methyl sites for hydroxylation is 1. The number of benzene rings is 2. The molecule has 0 saturated heterocycles. The van der Waals surface area contributed by atoms with Gasteiger partial charge in [-0.1, -0.05) is 25.1 Å². The summed E-state index contributed by atoms with van der Waals surface area (Å²) in [6.07, 6.45) is 0.905. The highest BCUT2D eigenvalue weighted by atomic mass is 32.2. The van der Waals surface area contributed by atoms with E-state index in [4.69, 9.17) is 4.74 Å². The van der Waals surface area contributed by atoms with E-state index in [-0.39, 0.29) is 5.91 Å². The van der Waals surface area contributed by atoms with E-state index in [0.29, 0.717) is 5.75 Å². The van der Waals surface area contributed by atoms with Gasteiger partial charge in [-0.2, -0.15) is 0 Å². The van der Waals surface area contributed by atoms with Gasteiger partial charge < -0.3 is 10.1 Å². The van der Waals surface area contributed by atoms with Gasteiger partial charge in [-0.3, -0.25) is 4.79 Å². The minimum Gasteiger partial charge on any atom is -0.497 e. The van der Waals surface area contributed by atoms with Crippen LogP contribution in [0.4, 0.5) is 5.69 Å². The van der Waals surface area contributed by atoms with E-state index in [1.54, 1.807) is 7.11 Å². The molecule has 0 aromatic heterocycles. The molecule has 3 nitrogen and oxygen atoms in total. The first-order chi connectivity index (χ1) is 10.2. The number of hydrogen-bond acceptors (Lipinski definition) is 3. The number of carbonyl (C=O) groups excluding carboxylic acids is 1. The van der Waals surface area contributed by atoms with Crippen LogP contribution < -0.4 is 10.1 Å². The van der Waals surface area contributed by atoms with Crippen molar-refractivity contribution in [2.75, 3.05) is 18.2 Å². The Morgan fingerprint density at radius 2 is 1.86 bits per heavy atom. The van der Waals surface area contributed by atoms with E-state index >= 15 is 0 Å². The lowest BCUT2D eigenvalue weighted by atomic mass is 10.1. The summed E-state index contributed by atoms with van der Waals surface area (Å²) in [4.78, 5) is 13.1. The van der Waals surface area contributed by atoms with Crippen LogP contribution in [0.15, 0.2) is 53.4 Å². The molecule has 0 spiro atoms. The Kier molecular flexibility index (Phi) is 5.69. The predicted octanol–water partition coefficient (Wildman–Crippen LogP) is 3.99. The zero-order chi connectivity index (χ0) is 15.1. The molecule has 2 aromatic rings. The highest BCUT2D eigenvalue weighted by molar-refractivity contribution is 8.00. The van der Waals surface area contributed by atoms with Crippen molar-refractivity contribution >= 4 is 23.4 Å².